The first-order valence-corrected chi connectivity index (χ1v) is 8.45. The Morgan fingerprint density at radius 3 is 2.87 bits per heavy atom. The van der Waals surface area contributed by atoms with Crippen molar-refractivity contribution < 1.29 is 9.72 Å². The van der Waals surface area contributed by atoms with Crippen LogP contribution in [0.4, 0.5) is 11.4 Å². The highest BCUT2D eigenvalue weighted by atomic mass is 32.2. The van der Waals surface area contributed by atoms with Crippen LogP contribution in [0, 0.1) is 10.1 Å². The second-order valence-corrected chi connectivity index (χ2v) is 6.84. The minimum Gasteiger partial charge on any atom is -0.325 e. The van der Waals surface area contributed by atoms with Crippen LogP contribution in [0.1, 0.15) is 0 Å². The lowest BCUT2D eigenvalue weighted by Crippen LogP contribution is -2.13. The number of thiazole rings is 1. The number of aromatic nitrogens is 1. The Balaban J connectivity index is 1.61. The largest absolute Gasteiger partial charge is 0.325 e. The van der Waals surface area contributed by atoms with E-state index in [4.69, 9.17) is 0 Å². The number of amides is 1. The molecule has 8 heteroatoms. The molecule has 0 radical (unpaired) electrons. The molecule has 6 nitrogen and oxygen atoms in total. The van der Waals surface area contributed by atoms with Crippen molar-refractivity contribution in [2.24, 2.45) is 0 Å². The first-order valence-electron chi connectivity index (χ1n) is 6.64. The highest BCUT2D eigenvalue weighted by Gasteiger charge is 2.10. The fourth-order valence-corrected chi connectivity index (χ4v) is 3.80. The second-order valence-electron chi connectivity index (χ2n) is 4.59. The van der Waals surface area contributed by atoms with Crippen molar-refractivity contribution in [3.8, 4) is 0 Å². The smallest absolute Gasteiger partial charge is 0.271 e. The number of nitro benzene ring substituents is 1. The summed E-state index contributed by atoms with van der Waals surface area (Å²) in [7, 11) is 0. The number of carbonyl (C=O) groups is 1. The van der Waals surface area contributed by atoms with Gasteiger partial charge in [0, 0.05) is 17.8 Å². The summed E-state index contributed by atoms with van der Waals surface area (Å²) in [5.74, 6) is -0.0301. The number of benzene rings is 2. The van der Waals surface area contributed by atoms with E-state index in [0.29, 0.717) is 5.69 Å². The third-order valence-electron chi connectivity index (χ3n) is 2.94. The summed E-state index contributed by atoms with van der Waals surface area (Å²) >= 11 is 2.88. The third kappa shape index (κ3) is 3.85. The Kier molecular flexibility index (Phi) is 4.54. The van der Waals surface area contributed by atoms with Gasteiger partial charge in [0.25, 0.3) is 5.69 Å². The highest BCUT2D eigenvalue weighted by Crippen LogP contribution is 2.29. The highest BCUT2D eigenvalue weighted by molar-refractivity contribution is 8.01. The quantitative estimate of drug-likeness (QED) is 0.430. The van der Waals surface area contributed by atoms with Crippen molar-refractivity contribution in [3.05, 3.63) is 58.6 Å². The summed E-state index contributed by atoms with van der Waals surface area (Å²) < 4.78 is 1.90. The summed E-state index contributed by atoms with van der Waals surface area (Å²) in [6.07, 6.45) is 0. The van der Waals surface area contributed by atoms with Crippen molar-refractivity contribution in [2.45, 2.75) is 4.34 Å². The Morgan fingerprint density at radius 2 is 2.09 bits per heavy atom. The molecule has 1 heterocycles. The summed E-state index contributed by atoms with van der Waals surface area (Å²) in [4.78, 5) is 26.6. The fraction of sp³-hybridized carbons (Fsp3) is 0.0667. The molecule has 0 spiro atoms. The Labute approximate surface area is 139 Å². The van der Waals surface area contributed by atoms with Gasteiger partial charge in [0.15, 0.2) is 4.34 Å². The molecule has 0 aliphatic rings. The molecule has 2 aromatic carbocycles. The lowest BCUT2D eigenvalue weighted by Gasteiger charge is -2.03. The predicted molar refractivity (Wildman–Crippen MR) is 92.1 cm³/mol. The number of hydrogen-bond acceptors (Lipinski definition) is 6. The number of fused-ring (bicyclic) bond motifs is 1. The number of rotatable bonds is 5. The van der Waals surface area contributed by atoms with Gasteiger partial charge in [-0.05, 0) is 18.2 Å². The zero-order valence-electron chi connectivity index (χ0n) is 11.8. The zero-order chi connectivity index (χ0) is 16.2. The summed E-state index contributed by atoms with van der Waals surface area (Å²) in [5, 5.41) is 13.4. The van der Waals surface area contributed by atoms with Gasteiger partial charge in [-0.1, -0.05) is 30.0 Å². The Morgan fingerprint density at radius 1 is 1.26 bits per heavy atom. The molecule has 0 bridgehead atoms. The first-order chi connectivity index (χ1) is 11.1. The van der Waals surface area contributed by atoms with E-state index in [-0.39, 0.29) is 17.3 Å². The molecule has 1 amide bonds. The van der Waals surface area contributed by atoms with Crippen LogP contribution < -0.4 is 5.32 Å². The van der Waals surface area contributed by atoms with Gasteiger partial charge in [-0.25, -0.2) is 4.98 Å². The van der Waals surface area contributed by atoms with Crippen molar-refractivity contribution in [3.63, 3.8) is 0 Å². The van der Waals surface area contributed by atoms with Crippen LogP contribution in [0.2, 0.25) is 0 Å². The second kappa shape index (κ2) is 6.76. The van der Waals surface area contributed by atoms with Gasteiger partial charge in [-0.15, -0.1) is 11.3 Å². The summed E-state index contributed by atoms with van der Waals surface area (Å²) in [6, 6.07) is 13.7. The standard InChI is InChI=1S/C15H11N3O3S2/c19-14(16-10-4-3-5-11(8-10)18(20)21)9-22-15-17-12-6-1-2-7-13(12)23-15/h1-8H,9H2,(H,16,19). The first kappa shape index (κ1) is 15.4. The van der Waals surface area contributed by atoms with E-state index in [9.17, 15) is 14.9 Å². The summed E-state index contributed by atoms with van der Waals surface area (Å²) in [6.45, 7) is 0. The van der Waals surface area contributed by atoms with Crippen LogP contribution in [0.15, 0.2) is 52.9 Å². The molecule has 0 saturated heterocycles. The van der Waals surface area contributed by atoms with Crippen LogP contribution in [-0.4, -0.2) is 21.6 Å². The molecule has 23 heavy (non-hydrogen) atoms. The zero-order valence-corrected chi connectivity index (χ0v) is 13.4. The molecule has 0 atom stereocenters. The molecule has 0 fully saturated rings. The maximum absolute atomic E-state index is 12.0. The van der Waals surface area contributed by atoms with E-state index in [1.807, 2.05) is 24.3 Å². The molecule has 0 saturated carbocycles. The number of nitro groups is 1. The molecule has 0 aliphatic carbocycles. The van der Waals surface area contributed by atoms with Gasteiger partial charge in [0.2, 0.25) is 5.91 Å². The van der Waals surface area contributed by atoms with Crippen LogP contribution in [-0.2, 0) is 4.79 Å². The lowest BCUT2D eigenvalue weighted by atomic mass is 10.3. The monoisotopic (exact) mass is 345 g/mol. The molecule has 116 valence electrons. The molecule has 0 aliphatic heterocycles. The van der Waals surface area contributed by atoms with Crippen LogP contribution in [0.3, 0.4) is 0 Å². The van der Waals surface area contributed by atoms with E-state index in [2.05, 4.69) is 10.3 Å². The van der Waals surface area contributed by atoms with E-state index in [0.717, 1.165) is 14.6 Å². The molecular formula is C15H11N3O3S2. The lowest BCUT2D eigenvalue weighted by molar-refractivity contribution is -0.384. The van der Waals surface area contributed by atoms with Gasteiger partial charge >= 0.3 is 0 Å². The Bertz CT molecular complexity index is 846. The maximum atomic E-state index is 12.0. The van der Waals surface area contributed by atoms with Crippen molar-refractivity contribution >= 4 is 50.6 Å². The van der Waals surface area contributed by atoms with E-state index in [1.165, 1.54) is 41.3 Å². The molecule has 1 N–H and O–H groups in total. The van der Waals surface area contributed by atoms with Gasteiger partial charge in [0.1, 0.15) is 0 Å². The van der Waals surface area contributed by atoms with Gasteiger partial charge < -0.3 is 5.32 Å². The number of thioether (sulfide) groups is 1. The van der Waals surface area contributed by atoms with Crippen molar-refractivity contribution in [2.75, 3.05) is 11.1 Å². The molecular weight excluding hydrogens is 334 g/mol. The van der Waals surface area contributed by atoms with Crippen molar-refractivity contribution in [1.29, 1.82) is 0 Å². The minimum atomic E-state index is -0.495. The van der Waals surface area contributed by atoms with Crippen LogP contribution in [0.25, 0.3) is 10.2 Å². The molecule has 3 aromatic rings. The van der Waals surface area contributed by atoms with E-state index >= 15 is 0 Å². The third-order valence-corrected chi connectivity index (χ3v) is 5.12. The number of nitrogens with one attached hydrogen (secondary N) is 1. The van der Waals surface area contributed by atoms with Gasteiger partial charge in [-0.3, -0.25) is 14.9 Å². The van der Waals surface area contributed by atoms with E-state index in [1.54, 1.807) is 6.07 Å². The fourth-order valence-electron chi connectivity index (χ4n) is 1.93. The van der Waals surface area contributed by atoms with Crippen LogP contribution >= 0.6 is 23.1 Å². The molecule has 0 unspecified atom stereocenters. The summed E-state index contributed by atoms with van der Waals surface area (Å²) in [5.41, 5.74) is 1.27. The molecule has 3 rings (SSSR count). The topological polar surface area (TPSA) is 85.1 Å². The SMILES string of the molecule is O=C(CSc1nc2ccccc2s1)Nc1cccc([N+](=O)[O-])c1. The predicted octanol–water partition coefficient (Wildman–Crippen LogP) is 3.94. The van der Waals surface area contributed by atoms with Gasteiger partial charge in [0.05, 0.1) is 20.9 Å². The average molecular weight is 345 g/mol. The van der Waals surface area contributed by atoms with E-state index < -0.39 is 4.92 Å². The number of non-ortho nitro benzene ring substituents is 1. The Hall–Kier alpha value is -2.45. The van der Waals surface area contributed by atoms with Gasteiger partial charge in [-0.2, -0.15) is 0 Å². The number of nitrogens with zero attached hydrogens (tertiary/aromatic N) is 2. The molecule has 1 aromatic heterocycles. The number of anilines is 1. The number of hydrogen-bond donors (Lipinski definition) is 1. The minimum absolute atomic E-state index is 0.0540. The van der Waals surface area contributed by atoms with Crippen LogP contribution in [0.5, 0.6) is 0 Å². The normalized spacial score (nSPS) is 10.6. The maximum Gasteiger partial charge on any atom is 0.271 e. The number of carbonyl (C=O) groups excluding carboxylic acids is 1. The average Bonchev–Trinajstić information content (AvgIpc) is 2.96. The number of para-hydroxylation sites is 1. The van der Waals surface area contributed by atoms with Crippen molar-refractivity contribution in [1.82, 2.24) is 4.98 Å².